The molecule has 2 aromatic rings. The number of carbonyl (C=O) groups excluding carboxylic acids is 1. The van der Waals surface area contributed by atoms with Crippen molar-refractivity contribution in [3.8, 4) is 0 Å². The summed E-state index contributed by atoms with van der Waals surface area (Å²) < 4.78 is 13.6. The maximum absolute atomic E-state index is 13.6. The molecular formula is C13H13FN4O. The van der Waals surface area contributed by atoms with Gasteiger partial charge in [-0.05, 0) is 24.6 Å². The Balaban J connectivity index is 2.16. The molecule has 1 unspecified atom stereocenters. The van der Waals surface area contributed by atoms with Crippen LogP contribution in [-0.2, 0) is 0 Å². The van der Waals surface area contributed by atoms with Gasteiger partial charge >= 0.3 is 0 Å². The number of nitrogen functional groups attached to an aromatic ring is 1. The third kappa shape index (κ3) is 2.85. The molecule has 19 heavy (non-hydrogen) atoms. The molecule has 0 spiro atoms. The van der Waals surface area contributed by atoms with Gasteiger partial charge in [-0.1, -0.05) is 6.07 Å². The number of nitrogens with zero attached hydrogens (tertiary/aromatic N) is 2. The Morgan fingerprint density at radius 2 is 2.21 bits per heavy atom. The first-order chi connectivity index (χ1) is 9.09. The van der Waals surface area contributed by atoms with Crippen molar-refractivity contribution in [1.29, 1.82) is 0 Å². The zero-order chi connectivity index (χ0) is 13.8. The summed E-state index contributed by atoms with van der Waals surface area (Å²) >= 11 is 0. The minimum Gasteiger partial charge on any atom is -0.381 e. The largest absolute Gasteiger partial charge is 0.381 e. The Labute approximate surface area is 109 Å². The maximum atomic E-state index is 13.6. The first kappa shape index (κ1) is 12.9. The first-order valence-corrected chi connectivity index (χ1v) is 5.70. The van der Waals surface area contributed by atoms with Crippen LogP contribution in [-0.4, -0.2) is 15.9 Å². The predicted octanol–water partition coefficient (Wildman–Crippen LogP) is 1.69. The third-order valence-corrected chi connectivity index (χ3v) is 2.69. The van der Waals surface area contributed by atoms with Crippen molar-refractivity contribution in [2.45, 2.75) is 13.0 Å². The number of amides is 1. The van der Waals surface area contributed by atoms with Crippen LogP contribution in [0.15, 0.2) is 36.8 Å². The molecule has 0 bridgehead atoms. The molecule has 6 heteroatoms. The van der Waals surface area contributed by atoms with E-state index >= 15 is 0 Å². The topological polar surface area (TPSA) is 80.9 Å². The summed E-state index contributed by atoms with van der Waals surface area (Å²) in [6.45, 7) is 1.79. The van der Waals surface area contributed by atoms with E-state index in [4.69, 9.17) is 5.73 Å². The zero-order valence-corrected chi connectivity index (χ0v) is 10.3. The van der Waals surface area contributed by atoms with E-state index in [1.807, 2.05) is 6.07 Å². The third-order valence-electron chi connectivity index (χ3n) is 2.69. The molecule has 0 aliphatic heterocycles. The first-order valence-electron chi connectivity index (χ1n) is 5.70. The lowest BCUT2D eigenvalue weighted by Crippen LogP contribution is -2.27. The molecule has 0 radical (unpaired) electrons. The van der Waals surface area contributed by atoms with Crippen molar-refractivity contribution in [2.24, 2.45) is 0 Å². The molecule has 3 N–H and O–H groups in total. The van der Waals surface area contributed by atoms with E-state index in [2.05, 4.69) is 15.3 Å². The Bertz CT molecular complexity index is 588. The molecule has 0 fully saturated rings. The van der Waals surface area contributed by atoms with Crippen molar-refractivity contribution in [1.82, 2.24) is 15.3 Å². The van der Waals surface area contributed by atoms with Gasteiger partial charge in [0.15, 0.2) is 11.6 Å². The lowest BCUT2D eigenvalue weighted by molar-refractivity contribution is 0.0935. The van der Waals surface area contributed by atoms with Crippen molar-refractivity contribution in [3.63, 3.8) is 0 Å². The molecule has 5 nitrogen and oxygen atoms in total. The Morgan fingerprint density at radius 1 is 1.42 bits per heavy atom. The van der Waals surface area contributed by atoms with Crippen LogP contribution in [0.2, 0.25) is 0 Å². The average molecular weight is 260 g/mol. The summed E-state index contributed by atoms with van der Waals surface area (Å²) in [5.41, 5.74) is 6.03. The van der Waals surface area contributed by atoms with Gasteiger partial charge in [0.25, 0.3) is 5.91 Å². The second-order valence-electron chi connectivity index (χ2n) is 4.04. The monoisotopic (exact) mass is 260 g/mol. The molecule has 1 atom stereocenters. The normalized spacial score (nSPS) is 11.9. The maximum Gasteiger partial charge on any atom is 0.254 e. The van der Waals surface area contributed by atoms with Gasteiger partial charge in [0.1, 0.15) is 0 Å². The van der Waals surface area contributed by atoms with Crippen molar-refractivity contribution >= 4 is 11.7 Å². The number of pyridine rings is 2. The molecule has 0 aromatic carbocycles. The molecule has 0 aliphatic rings. The summed E-state index contributed by atoms with van der Waals surface area (Å²) in [7, 11) is 0. The van der Waals surface area contributed by atoms with E-state index in [0.717, 1.165) is 5.56 Å². The standard InChI is InChI=1S/C13H13FN4O/c1-8(9-3-2-5-16-7-9)18-13(19)10-4-6-17-12(15)11(10)14/h2-8H,1H3,(H2,15,17)(H,18,19). The number of rotatable bonds is 3. The zero-order valence-electron chi connectivity index (χ0n) is 10.3. The lowest BCUT2D eigenvalue weighted by Gasteiger charge is -2.14. The van der Waals surface area contributed by atoms with Gasteiger partial charge in [-0.25, -0.2) is 9.37 Å². The van der Waals surface area contributed by atoms with Crippen LogP contribution in [0.5, 0.6) is 0 Å². The van der Waals surface area contributed by atoms with E-state index in [9.17, 15) is 9.18 Å². The fourth-order valence-corrected chi connectivity index (χ4v) is 1.63. The molecule has 2 heterocycles. The van der Waals surface area contributed by atoms with E-state index < -0.39 is 11.7 Å². The highest BCUT2D eigenvalue weighted by Gasteiger charge is 2.17. The minimum atomic E-state index is -0.807. The number of anilines is 1. The van der Waals surface area contributed by atoms with Gasteiger partial charge in [-0.15, -0.1) is 0 Å². The van der Waals surface area contributed by atoms with Crippen LogP contribution >= 0.6 is 0 Å². The highest BCUT2D eigenvalue weighted by molar-refractivity contribution is 5.95. The van der Waals surface area contributed by atoms with Crippen LogP contribution < -0.4 is 11.1 Å². The summed E-state index contributed by atoms with van der Waals surface area (Å²) in [5.74, 6) is -1.64. The van der Waals surface area contributed by atoms with Gasteiger partial charge in [0.2, 0.25) is 0 Å². The molecule has 2 aromatic heterocycles. The fraction of sp³-hybridized carbons (Fsp3) is 0.154. The highest BCUT2D eigenvalue weighted by Crippen LogP contribution is 2.15. The summed E-state index contributed by atoms with van der Waals surface area (Å²) in [6, 6.07) is 4.60. The average Bonchev–Trinajstić information content (AvgIpc) is 2.42. The van der Waals surface area contributed by atoms with Crippen LogP contribution in [0.4, 0.5) is 10.2 Å². The highest BCUT2D eigenvalue weighted by atomic mass is 19.1. The quantitative estimate of drug-likeness (QED) is 0.880. The number of nitrogens with one attached hydrogen (secondary N) is 1. The van der Waals surface area contributed by atoms with Gasteiger partial charge in [-0.3, -0.25) is 9.78 Å². The summed E-state index contributed by atoms with van der Waals surface area (Å²) in [4.78, 5) is 19.5. The van der Waals surface area contributed by atoms with Crippen LogP contribution in [0.25, 0.3) is 0 Å². The smallest absolute Gasteiger partial charge is 0.254 e. The molecule has 0 saturated heterocycles. The molecular weight excluding hydrogens is 247 g/mol. The second kappa shape index (κ2) is 5.43. The van der Waals surface area contributed by atoms with Gasteiger partial charge in [0, 0.05) is 18.6 Å². The number of nitrogens with two attached hydrogens (primary N) is 1. The number of halogens is 1. The van der Waals surface area contributed by atoms with Gasteiger partial charge in [-0.2, -0.15) is 0 Å². The second-order valence-corrected chi connectivity index (χ2v) is 4.04. The summed E-state index contributed by atoms with van der Waals surface area (Å²) in [5, 5.41) is 2.68. The number of hydrogen-bond acceptors (Lipinski definition) is 4. The molecule has 98 valence electrons. The Kier molecular flexibility index (Phi) is 3.70. The van der Waals surface area contributed by atoms with E-state index in [1.54, 1.807) is 25.4 Å². The molecule has 2 rings (SSSR count). The van der Waals surface area contributed by atoms with E-state index in [1.165, 1.54) is 12.3 Å². The van der Waals surface area contributed by atoms with Crippen LogP contribution in [0.1, 0.15) is 28.9 Å². The lowest BCUT2D eigenvalue weighted by atomic mass is 10.1. The number of carbonyl (C=O) groups is 1. The van der Waals surface area contributed by atoms with E-state index in [0.29, 0.717) is 0 Å². The molecule has 1 amide bonds. The number of aromatic nitrogens is 2. The summed E-state index contributed by atoms with van der Waals surface area (Å²) in [6.07, 6.45) is 4.57. The Hall–Kier alpha value is -2.50. The Morgan fingerprint density at radius 3 is 2.89 bits per heavy atom. The van der Waals surface area contributed by atoms with Crippen molar-refractivity contribution in [2.75, 3.05) is 5.73 Å². The number of hydrogen-bond donors (Lipinski definition) is 2. The van der Waals surface area contributed by atoms with Crippen molar-refractivity contribution < 1.29 is 9.18 Å². The minimum absolute atomic E-state index is 0.122. The van der Waals surface area contributed by atoms with Crippen LogP contribution in [0, 0.1) is 5.82 Å². The van der Waals surface area contributed by atoms with E-state index in [-0.39, 0.29) is 17.4 Å². The SMILES string of the molecule is CC(NC(=O)c1ccnc(N)c1F)c1cccnc1. The van der Waals surface area contributed by atoms with Gasteiger partial charge in [0.05, 0.1) is 11.6 Å². The predicted molar refractivity (Wildman–Crippen MR) is 68.7 cm³/mol. The molecule has 0 aliphatic carbocycles. The van der Waals surface area contributed by atoms with Gasteiger partial charge < -0.3 is 11.1 Å². The molecule has 0 saturated carbocycles. The van der Waals surface area contributed by atoms with Crippen LogP contribution in [0.3, 0.4) is 0 Å². The van der Waals surface area contributed by atoms with Crippen molar-refractivity contribution in [3.05, 3.63) is 53.7 Å². The fourth-order valence-electron chi connectivity index (χ4n) is 1.63.